The lowest BCUT2D eigenvalue weighted by Gasteiger charge is -2.03. The van der Waals surface area contributed by atoms with Crippen LogP contribution in [0, 0.1) is 5.82 Å². The Balaban J connectivity index is 1.67. The van der Waals surface area contributed by atoms with Gasteiger partial charge in [-0.2, -0.15) is 0 Å². The standard InChI is InChI=1S/C17H14FN3O3S/c1-24-16(23)13-6-11(8-19-13)14-9-25-17(20-14)21-15(22)7-10-4-2-3-5-12(10)18/h2-6,8-9,19H,7H2,1H3,(H,20,21,22). The number of hydrogen-bond donors (Lipinski definition) is 2. The van der Waals surface area contributed by atoms with Crippen molar-refractivity contribution in [1.29, 1.82) is 0 Å². The molecule has 0 unspecified atom stereocenters. The minimum Gasteiger partial charge on any atom is -0.464 e. The monoisotopic (exact) mass is 359 g/mol. The largest absolute Gasteiger partial charge is 0.464 e. The van der Waals surface area contributed by atoms with Crippen molar-refractivity contribution in [2.24, 2.45) is 0 Å². The lowest BCUT2D eigenvalue weighted by Crippen LogP contribution is -2.15. The van der Waals surface area contributed by atoms with Crippen LogP contribution in [0.25, 0.3) is 11.3 Å². The number of nitrogens with one attached hydrogen (secondary N) is 2. The Kier molecular flexibility index (Phi) is 4.90. The van der Waals surface area contributed by atoms with E-state index in [2.05, 4.69) is 20.0 Å². The molecule has 0 radical (unpaired) electrons. The zero-order valence-corrected chi connectivity index (χ0v) is 14.0. The van der Waals surface area contributed by atoms with Crippen molar-refractivity contribution in [3.63, 3.8) is 0 Å². The average molecular weight is 359 g/mol. The molecule has 2 aromatic heterocycles. The number of anilines is 1. The lowest BCUT2D eigenvalue weighted by atomic mass is 10.1. The maximum absolute atomic E-state index is 13.6. The van der Waals surface area contributed by atoms with Gasteiger partial charge in [0.05, 0.1) is 19.2 Å². The third-order valence-electron chi connectivity index (χ3n) is 3.44. The molecule has 0 spiro atoms. The third-order valence-corrected chi connectivity index (χ3v) is 4.20. The molecule has 2 N–H and O–H groups in total. The molecule has 25 heavy (non-hydrogen) atoms. The number of esters is 1. The number of rotatable bonds is 5. The lowest BCUT2D eigenvalue weighted by molar-refractivity contribution is -0.115. The molecule has 6 nitrogen and oxygen atoms in total. The van der Waals surface area contributed by atoms with Crippen molar-refractivity contribution in [2.75, 3.05) is 12.4 Å². The Morgan fingerprint density at radius 1 is 1.36 bits per heavy atom. The summed E-state index contributed by atoms with van der Waals surface area (Å²) in [6.07, 6.45) is 1.56. The Bertz CT molecular complexity index is 919. The Morgan fingerprint density at radius 2 is 2.16 bits per heavy atom. The Labute approximate surface area is 146 Å². The fourth-order valence-electron chi connectivity index (χ4n) is 2.21. The summed E-state index contributed by atoms with van der Waals surface area (Å²) >= 11 is 1.24. The van der Waals surface area contributed by atoms with Crippen LogP contribution in [0.15, 0.2) is 41.9 Å². The number of thiazole rings is 1. The predicted octanol–water partition coefficient (Wildman–Crippen LogP) is 3.25. The van der Waals surface area contributed by atoms with Gasteiger partial charge in [-0.1, -0.05) is 18.2 Å². The fraction of sp³-hybridized carbons (Fsp3) is 0.118. The van der Waals surface area contributed by atoms with Gasteiger partial charge in [0.1, 0.15) is 11.5 Å². The van der Waals surface area contributed by atoms with Crippen molar-refractivity contribution >= 4 is 28.3 Å². The third kappa shape index (κ3) is 3.92. The predicted molar refractivity (Wildman–Crippen MR) is 92.0 cm³/mol. The Hall–Kier alpha value is -3.00. The molecule has 0 aliphatic heterocycles. The molecule has 0 atom stereocenters. The number of hydrogen-bond acceptors (Lipinski definition) is 5. The molecule has 0 aliphatic carbocycles. The first kappa shape index (κ1) is 16.8. The number of methoxy groups -OCH3 is 1. The van der Waals surface area contributed by atoms with E-state index in [1.807, 2.05) is 0 Å². The zero-order valence-electron chi connectivity index (χ0n) is 13.2. The maximum Gasteiger partial charge on any atom is 0.354 e. The minimum absolute atomic E-state index is 0.0712. The summed E-state index contributed by atoms with van der Waals surface area (Å²) in [5, 5.41) is 4.80. The fourth-order valence-corrected chi connectivity index (χ4v) is 2.95. The smallest absolute Gasteiger partial charge is 0.354 e. The number of nitrogens with zero attached hydrogens (tertiary/aromatic N) is 1. The highest BCUT2D eigenvalue weighted by atomic mass is 32.1. The summed E-state index contributed by atoms with van der Waals surface area (Å²) in [6.45, 7) is 0. The van der Waals surface area contributed by atoms with E-state index in [-0.39, 0.29) is 12.3 Å². The molecule has 0 aliphatic rings. The molecule has 0 fully saturated rings. The number of halogens is 1. The van der Waals surface area contributed by atoms with Crippen LogP contribution in [0.4, 0.5) is 9.52 Å². The first-order chi connectivity index (χ1) is 12.1. The van der Waals surface area contributed by atoms with E-state index < -0.39 is 11.8 Å². The first-order valence-corrected chi connectivity index (χ1v) is 8.20. The molecule has 3 rings (SSSR count). The number of amides is 1. The van der Waals surface area contributed by atoms with E-state index in [1.165, 1.54) is 24.5 Å². The normalized spacial score (nSPS) is 10.5. The summed E-state index contributed by atoms with van der Waals surface area (Å²) < 4.78 is 18.2. The van der Waals surface area contributed by atoms with E-state index in [0.717, 1.165) is 0 Å². The topological polar surface area (TPSA) is 84.1 Å². The molecule has 0 saturated carbocycles. The second-order valence-electron chi connectivity index (χ2n) is 5.15. The van der Waals surface area contributed by atoms with Crippen LogP contribution in [0.1, 0.15) is 16.1 Å². The summed E-state index contributed by atoms with van der Waals surface area (Å²) in [6, 6.07) is 7.75. The molecular formula is C17H14FN3O3S. The molecule has 2 heterocycles. The van der Waals surface area contributed by atoms with Crippen LogP contribution in [-0.4, -0.2) is 29.0 Å². The summed E-state index contributed by atoms with van der Waals surface area (Å²) in [4.78, 5) is 30.6. The van der Waals surface area contributed by atoms with Crippen molar-refractivity contribution in [3.8, 4) is 11.3 Å². The van der Waals surface area contributed by atoms with Crippen molar-refractivity contribution < 1.29 is 18.7 Å². The highest BCUT2D eigenvalue weighted by molar-refractivity contribution is 7.14. The number of aromatic nitrogens is 2. The average Bonchev–Trinajstić information content (AvgIpc) is 3.25. The summed E-state index contributed by atoms with van der Waals surface area (Å²) in [5.41, 5.74) is 1.95. The van der Waals surface area contributed by atoms with E-state index in [4.69, 9.17) is 0 Å². The van der Waals surface area contributed by atoms with Gasteiger partial charge in [0, 0.05) is 17.1 Å². The van der Waals surface area contributed by atoms with Crippen LogP contribution in [0.5, 0.6) is 0 Å². The van der Waals surface area contributed by atoms with Crippen LogP contribution >= 0.6 is 11.3 Å². The number of aromatic amines is 1. The van der Waals surface area contributed by atoms with Gasteiger partial charge in [-0.25, -0.2) is 14.2 Å². The van der Waals surface area contributed by atoms with E-state index in [0.29, 0.717) is 27.6 Å². The number of benzene rings is 1. The molecule has 1 amide bonds. The van der Waals surface area contributed by atoms with E-state index in [9.17, 15) is 14.0 Å². The van der Waals surface area contributed by atoms with Crippen molar-refractivity contribution in [2.45, 2.75) is 6.42 Å². The Morgan fingerprint density at radius 3 is 2.92 bits per heavy atom. The van der Waals surface area contributed by atoms with Crippen molar-refractivity contribution in [3.05, 3.63) is 59.0 Å². The summed E-state index contributed by atoms with van der Waals surface area (Å²) in [7, 11) is 1.30. The number of H-pyrrole nitrogens is 1. The maximum atomic E-state index is 13.6. The molecule has 8 heteroatoms. The van der Waals surface area contributed by atoms with Crippen molar-refractivity contribution in [1.82, 2.24) is 9.97 Å². The molecule has 3 aromatic rings. The second kappa shape index (κ2) is 7.27. The quantitative estimate of drug-likeness (QED) is 0.685. The van der Waals surface area contributed by atoms with Crippen LogP contribution in [-0.2, 0) is 16.0 Å². The number of carbonyl (C=O) groups is 2. The van der Waals surface area contributed by atoms with E-state index in [1.54, 1.807) is 35.8 Å². The summed E-state index contributed by atoms with van der Waals surface area (Å²) in [5.74, 6) is -1.24. The minimum atomic E-state index is -0.472. The molecule has 0 saturated heterocycles. The highest BCUT2D eigenvalue weighted by Gasteiger charge is 2.13. The van der Waals surface area contributed by atoms with Gasteiger partial charge in [-0.3, -0.25) is 4.79 Å². The van der Waals surface area contributed by atoms with Gasteiger partial charge >= 0.3 is 5.97 Å². The SMILES string of the molecule is COC(=O)c1cc(-c2csc(NC(=O)Cc3ccccc3F)n2)c[nH]1. The van der Waals surface area contributed by atoms with Crippen LogP contribution in [0.2, 0.25) is 0 Å². The molecule has 1 aromatic carbocycles. The highest BCUT2D eigenvalue weighted by Crippen LogP contribution is 2.25. The van der Waals surface area contributed by atoms with Gasteiger partial charge in [0.25, 0.3) is 0 Å². The van der Waals surface area contributed by atoms with Gasteiger partial charge in [0.15, 0.2) is 5.13 Å². The molecule has 0 bridgehead atoms. The van der Waals surface area contributed by atoms with Gasteiger partial charge in [0.2, 0.25) is 5.91 Å². The second-order valence-corrected chi connectivity index (χ2v) is 6.01. The number of carbonyl (C=O) groups excluding carboxylic acids is 2. The van der Waals surface area contributed by atoms with Gasteiger partial charge in [-0.15, -0.1) is 11.3 Å². The van der Waals surface area contributed by atoms with Gasteiger partial charge in [-0.05, 0) is 17.7 Å². The first-order valence-electron chi connectivity index (χ1n) is 7.32. The zero-order chi connectivity index (χ0) is 17.8. The van der Waals surface area contributed by atoms with Gasteiger partial charge < -0.3 is 15.0 Å². The molecular weight excluding hydrogens is 345 g/mol. The molecule has 128 valence electrons. The van der Waals surface area contributed by atoms with Crippen LogP contribution in [0.3, 0.4) is 0 Å². The number of ether oxygens (including phenoxy) is 1. The van der Waals surface area contributed by atoms with Crippen LogP contribution < -0.4 is 5.32 Å². The van der Waals surface area contributed by atoms with E-state index >= 15 is 0 Å².